The van der Waals surface area contributed by atoms with Crippen LogP contribution in [0.4, 0.5) is 0 Å². The predicted molar refractivity (Wildman–Crippen MR) is 44.3 cm³/mol. The van der Waals surface area contributed by atoms with Crippen molar-refractivity contribution in [3.05, 3.63) is 0 Å². The second-order valence-electron chi connectivity index (χ2n) is 4.17. The summed E-state index contributed by atoms with van der Waals surface area (Å²) in [6.07, 6.45) is 3.43. The van der Waals surface area contributed by atoms with E-state index in [9.17, 15) is 5.11 Å². The first-order valence-electron chi connectivity index (χ1n) is 4.64. The molecule has 0 bridgehead atoms. The van der Waals surface area contributed by atoms with Crippen LogP contribution in [0.1, 0.15) is 26.2 Å². The molecule has 3 atom stereocenters. The first kappa shape index (κ1) is 7.56. The minimum Gasteiger partial charge on any atom is -0.392 e. The molecule has 2 fully saturated rings. The summed E-state index contributed by atoms with van der Waals surface area (Å²) in [5, 5.41) is 13.2. The first-order valence-corrected chi connectivity index (χ1v) is 4.64. The van der Waals surface area contributed by atoms with E-state index < -0.39 is 0 Å². The van der Waals surface area contributed by atoms with Crippen LogP contribution in [0.5, 0.6) is 0 Å². The third kappa shape index (κ3) is 0.926. The van der Waals surface area contributed by atoms with E-state index in [-0.39, 0.29) is 11.5 Å². The Labute approximate surface area is 68.0 Å². The Hall–Kier alpha value is -0.0800. The minimum absolute atomic E-state index is 0.0347. The minimum atomic E-state index is -0.0347. The van der Waals surface area contributed by atoms with E-state index in [1.807, 2.05) is 0 Å². The van der Waals surface area contributed by atoms with Gasteiger partial charge in [0.05, 0.1) is 6.10 Å². The van der Waals surface area contributed by atoms with Gasteiger partial charge in [-0.3, -0.25) is 0 Å². The molecule has 0 aromatic rings. The number of nitrogens with one attached hydrogen (secondary N) is 1. The zero-order valence-electron chi connectivity index (χ0n) is 7.14. The topological polar surface area (TPSA) is 32.3 Å². The predicted octanol–water partition coefficient (Wildman–Crippen LogP) is 0.757. The Morgan fingerprint density at radius 3 is 2.82 bits per heavy atom. The van der Waals surface area contributed by atoms with Crippen LogP contribution in [0, 0.1) is 11.3 Å². The summed E-state index contributed by atoms with van der Waals surface area (Å²) in [5.41, 5.74) is 0.250. The summed E-state index contributed by atoms with van der Waals surface area (Å²) < 4.78 is 0. The Kier molecular flexibility index (Phi) is 1.69. The van der Waals surface area contributed by atoms with Gasteiger partial charge in [0.1, 0.15) is 0 Å². The van der Waals surface area contributed by atoms with Crippen molar-refractivity contribution in [2.45, 2.75) is 32.3 Å². The van der Waals surface area contributed by atoms with Gasteiger partial charge >= 0.3 is 0 Å². The average molecular weight is 155 g/mol. The molecule has 1 aliphatic carbocycles. The molecule has 2 nitrogen and oxygen atoms in total. The molecule has 3 unspecified atom stereocenters. The monoisotopic (exact) mass is 155 g/mol. The molecule has 2 aliphatic rings. The van der Waals surface area contributed by atoms with Crippen molar-refractivity contribution in [2.75, 3.05) is 13.1 Å². The SMILES string of the molecule is CC1CNCC12CCCC2O. The Bertz CT molecular complexity index is 140. The van der Waals surface area contributed by atoms with Crippen molar-refractivity contribution in [3.8, 4) is 0 Å². The van der Waals surface area contributed by atoms with Gasteiger partial charge in [0, 0.05) is 12.0 Å². The summed E-state index contributed by atoms with van der Waals surface area (Å²) in [7, 11) is 0. The lowest BCUT2D eigenvalue weighted by molar-refractivity contribution is 0.0398. The third-order valence-electron chi connectivity index (χ3n) is 3.67. The van der Waals surface area contributed by atoms with Gasteiger partial charge in [-0.1, -0.05) is 13.3 Å². The Morgan fingerprint density at radius 1 is 1.55 bits per heavy atom. The number of hydrogen-bond acceptors (Lipinski definition) is 2. The highest BCUT2D eigenvalue weighted by molar-refractivity contribution is 5.01. The van der Waals surface area contributed by atoms with Crippen LogP contribution < -0.4 is 5.32 Å². The molecule has 2 rings (SSSR count). The first-order chi connectivity index (χ1) is 5.26. The fraction of sp³-hybridized carbons (Fsp3) is 1.00. The maximum absolute atomic E-state index is 9.81. The van der Waals surface area contributed by atoms with Crippen LogP contribution in [0.2, 0.25) is 0 Å². The van der Waals surface area contributed by atoms with Crippen LogP contribution in [-0.4, -0.2) is 24.3 Å². The smallest absolute Gasteiger partial charge is 0.0611 e. The van der Waals surface area contributed by atoms with Crippen molar-refractivity contribution in [2.24, 2.45) is 11.3 Å². The Morgan fingerprint density at radius 2 is 2.36 bits per heavy atom. The molecule has 0 amide bonds. The zero-order chi connectivity index (χ0) is 7.90. The van der Waals surface area contributed by atoms with Gasteiger partial charge in [0.15, 0.2) is 0 Å². The fourth-order valence-corrected chi connectivity index (χ4v) is 2.76. The summed E-state index contributed by atoms with van der Waals surface area (Å²) in [4.78, 5) is 0. The highest BCUT2D eigenvalue weighted by Gasteiger charge is 2.48. The second-order valence-corrected chi connectivity index (χ2v) is 4.17. The van der Waals surface area contributed by atoms with Crippen molar-refractivity contribution in [1.82, 2.24) is 5.32 Å². The van der Waals surface area contributed by atoms with E-state index in [1.165, 1.54) is 12.8 Å². The molecular weight excluding hydrogens is 138 g/mol. The molecule has 1 saturated carbocycles. The molecule has 1 aliphatic heterocycles. The van der Waals surface area contributed by atoms with Gasteiger partial charge < -0.3 is 10.4 Å². The van der Waals surface area contributed by atoms with E-state index in [4.69, 9.17) is 0 Å². The number of aliphatic hydroxyl groups is 1. The van der Waals surface area contributed by atoms with E-state index in [0.717, 1.165) is 19.5 Å². The van der Waals surface area contributed by atoms with E-state index >= 15 is 0 Å². The molecule has 64 valence electrons. The van der Waals surface area contributed by atoms with E-state index in [1.54, 1.807) is 0 Å². The molecule has 1 heterocycles. The van der Waals surface area contributed by atoms with E-state index in [2.05, 4.69) is 12.2 Å². The third-order valence-corrected chi connectivity index (χ3v) is 3.67. The second kappa shape index (κ2) is 2.46. The standard InChI is InChI=1S/C9H17NO/c1-7-5-10-6-9(7)4-2-3-8(9)11/h7-8,10-11H,2-6H2,1H3. The van der Waals surface area contributed by atoms with Gasteiger partial charge in [-0.15, -0.1) is 0 Å². The number of rotatable bonds is 0. The van der Waals surface area contributed by atoms with Crippen molar-refractivity contribution >= 4 is 0 Å². The molecule has 0 aromatic carbocycles. The fourth-order valence-electron chi connectivity index (χ4n) is 2.76. The largest absolute Gasteiger partial charge is 0.392 e. The highest BCUT2D eigenvalue weighted by atomic mass is 16.3. The van der Waals surface area contributed by atoms with Crippen LogP contribution >= 0.6 is 0 Å². The molecule has 2 heteroatoms. The van der Waals surface area contributed by atoms with Gasteiger partial charge in [-0.2, -0.15) is 0 Å². The van der Waals surface area contributed by atoms with Crippen LogP contribution in [0.25, 0.3) is 0 Å². The van der Waals surface area contributed by atoms with Gasteiger partial charge in [0.2, 0.25) is 0 Å². The molecule has 0 radical (unpaired) electrons. The highest BCUT2D eigenvalue weighted by Crippen LogP contribution is 2.46. The van der Waals surface area contributed by atoms with Gasteiger partial charge in [-0.25, -0.2) is 0 Å². The maximum atomic E-state index is 9.81. The maximum Gasteiger partial charge on any atom is 0.0611 e. The van der Waals surface area contributed by atoms with Crippen molar-refractivity contribution in [1.29, 1.82) is 0 Å². The van der Waals surface area contributed by atoms with E-state index in [0.29, 0.717) is 5.92 Å². The van der Waals surface area contributed by atoms with Gasteiger partial charge in [0.25, 0.3) is 0 Å². The number of hydrogen-bond donors (Lipinski definition) is 2. The lowest BCUT2D eigenvalue weighted by Crippen LogP contribution is -2.36. The summed E-state index contributed by atoms with van der Waals surface area (Å²) in [6.45, 7) is 4.39. The summed E-state index contributed by atoms with van der Waals surface area (Å²) in [6, 6.07) is 0. The lowest BCUT2D eigenvalue weighted by atomic mass is 9.76. The Balaban J connectivity index is 2.19. The van der Waals surface area contributed by atoms with Crippen molar-refractivity contribution in [3.63, 3.8) is 0 Å². The zero-order valence-corrected chi connectivity index (χ0v) is 7.14. The molecular formula is C9H17NO. The lowest BCUT2D eigenvalue weighted by Gasteiger charge is -2.31. The molecule has 2 N–H and O–H groups in total. The quantitative estimate of drug-likeness (QED) is 0.541. The summed E-state index contributed by atoms with van der Waals surface area (Å²) >= 11 is 0. The molecule has 0 aromatic heterocycles. The molecule has 1 spiro atoms. The molecule has 11 heavy (non-hydrogen) atoms. The van der Waals surface area contributed by atoms with Crippen LogP contribution in [0.3, 0.4) is 0 Å². The van der Waals surface area contributed by atoms with Crippen LogP contribution in [-0.2, 0) is 0 Å². The number of aliphatic hydroxyl groups excluding tert-OH is 1. The van der Waals surface area contributed by atoms with Gasteiger partial charge in [-0.05, 0) is 25.3 Å². The summed E-state index contributed by atoms with van der Waals surface area (Å²) in [5.74, 6) is 0.667. The average Bonchev–Trinajstić information content (AvgIpc) is 2.48. The normalized spacial score (nSPS) is 50.7. The van der Waals surface area contributed by atoms with Crippen LogP contribution in [0.15, 0.2) is 0 Å². The van der Waals surface area contributed by atoms with Crippen molar-refractivity contribution < 1.29 is 5.11 Å². The molecule has 1 saturated heterocycles.